The fraction of sp³-hybridized carbons (Fsp3) is 0.364. The molecule has 0 saturated heterocycles. The number of methoxy groups -OCH3 is 1. The third-order valence-electron chi connectivity index (χ3n) is 2.16. The summed E-state index contributed by atoms with van der Waals surface area (Å²) in [6.45, 7) is 1.70. The summed E-state index contributed by atoms with van der Waals surface area (Å²) >= 11 is 0. The molecule has 0 amide bonds. The van der Waals surface area contributed by atoms with Crippen molar-refractivity contribution in [3.8, 4) is 0 Å². The maximum Gasteiger partial charge on any atom is 0.137 e. The summed E-state index contributed by atoms with van der Waals surface area (Å²) in [5, 5.41) is 0. The van der Waals surface area contributed by atoms with Crippen LogP contribution in [0.25, 0.3) is 5.65 Å². The molecule has 16 heavy (non-hydrogen) atoms. The van der Waals surface area contributed by atoms with Crippen LogP contribution in [0.1, 0.15) is 5.69 Å². The van der Waals surface area contributed by atoms with Gasteiger partial charge >= 0.3 is 0 Å². The zero-order valence-electron chi connectivity index (χ0n) is 9.22. The number of imidazole rings is 1. The molecular formula is C11H15N3O2. The van der Waals surface area contributed by atoms with Gasteiger partial charge in [-0.3, -0.25) is 4.84 Å². The number of aromatic nitrogens is 2. The molecule has 0 saturated carbocycles. The SMILES string of the molecule is COCCONCc1cn2ccccc2n1. The van der Waals surface area contributed by atoms with Crippen molar-refractivity contribution in [3.05, 3.63) is 36.3 Å². The van der Waals surface area contributed by atoms with E-state index in [1.165, 1.54) is 0 Å². The summed E-state index contributed by atoms with van der Waals surface area (Å²) in [6.07, 6.45) is 3.94. The van der Waals surface area contributed by atoms with Crippen LogP contribution in [-0.2, 0) is 16.1 Å². The van der Waals surface area contributed by atoms with Gasteiger partial charge in [-0.05, 0) is 12.1 Å². The zero-order valence-corrected chi connectivity index (χ0v) is 9.22. The summed E-state index contributed by atoms with van der Waals surface area (Å²) in [7, 11) is 1.64. The molecule has 0 bridgehead atoms. The van der Waals surface area contributed by atoms with E-state index in [4.69, 9.17) is 9.57 Å². The lowest BCUT2D eigenvalue weighted by Gasteiger charge is -2.02. The average Bonchev–Trinajstić information content (AvgIpc) is 2.71. The van der Waals surface area contributed by atoms with E-state index in [0.717, 1.165) is 11.3 Å². The second-order valence-electron chi connectivity index (χ2n) is 3.36. The minimum absolute atomic E-state index is 0.532. The molecule has 5 nitrogen and oxygen atoms in total. The quantitative estimate of drug-likeness (QED) is 0.584. The molecule has 0 spiro atoms. The number of nitrogens with one attached hydrogen (secondary N) is 1. The van der Waals surface area contributed by atoms with Crippen molar-refractivity contribution in [2.75, 3.05) is 20.3 Å². The number of hydrogen-bond donors (Lipinski definition) is 1. The van der Waals surface area contributed by atoms with Crippen molar-refractivity contribution in [2.24, 2.45) is 0 Å². The summed E-state index contributed by atoms with van der Waals surface area (Å²) in [6, 6.07) is 5.91. The van der Waals surface area contributed by atoms with Gasteiger partial charge in [0.05, 0.1) is 25.5 Å². The van der Waals surface area contributed by atoms with Gasteiger partial charge in [-0.1, -0.05) is 6.07 Å². The first kappa shape index (κ1) is 11.1. The second-order valence-corrected chi connectivity index (χ2v) is 3.36. The van der Waals surface area contributed by atoms with E-state index in [1.54, 1.807) is 7.11 Å². The molecule has 86 valence electrons. The number of rotatable bonds is 6. The molecule has 5 heteroatoms. The molecule has 0 aliphatic heterocycles. The Hall–Kier alpha value is -1.43. The number of pyridine rings is 1. The first-order valence-electron chi connectivity index (χ1n) is 5.16. The van der Waals surface area contributed by atoms with Crippen LogP contribution in [0.4, 0.5) is 0 Å². The number of hydrogen-bond acceptors (Lipinski definition) is 4. The molecule has 0 atom stereocenters. The van der Waals surface area contributed by atoms with Gasteiger partial charge in [0, 0.05) is 19.5 Å². The van der Waals surface area contributed by atoms with E-state index in [1.807, 2.05) is 35.0 Å². The maximum atomic E-state index is 5.15. The van der Waals surface area contributed by atoms with Crippen LogP contribution in [0.2, 0.25) is 0 Å². The van der Waals surface area contributed by atoms with Crippen molar-refractivity contribution < 1.29 is 9.57 Å². The van der Waals surface area contributed by atoms with Crippen molar-refractivity contribution in [1.82, 2.24) is 14.9 Å². The second kappa shape index (κ2) is 5.60. The van der Waals surface area contributed by atoms with E-state index in [-0.39, 0.29) is 0 Å². The zero-order chi connectivity index (χ0) is 11.2. The summed E-state index contributed by atoms with van der Waals surface area (Å²) in [5.74, 6) is 0. The highest BCUT2D eigenvalue weighted by Gasteiger charge is 1.99. The first-order chi connectivity index (χ1) is 7.90. The van der Waals surface area contributed by atoms with Crippen LogP contribution in [0, 0.1) is 0 Å². The minimum Gasteiger partial charge on any atom is -0.382 e. The number of fused-ring (bicyclic) bond motifs is 1. The normalized spacial score (nSPS) is 11.1. The standard InChI is InChI=1S/C11H15N3O2/c1-15-6-7-16-12-8-10-9-14-5-3-2-4-11(14)13-10/h2-5,9,12H,6-8H2,1H3. The molecule has 2 heterocycles. The predicted octanol–water partition coefficient (Wildman–Crippen LogP) is 1.00. The van der Waals surface area contributed by atoms with E-state index in [2.05, 4.69) is 10.5 Å². The lowest BCUT2D eigenvalue weighted by atomic mass is 10.5. The monoisotopic (exact) mass is 221 g/mol. The Morgan fingerprint density at radius 1 is 1.38 bits per heavy atom. The Morgan fingerprint density at radius 3 is 3.12 bits per heavy atom. The molecule has 2 rings (SSSR count). The minimum atomic E-state index is 0.532. The Bertz CT molecular complexity index is 408. The van der Waals surface area contributed by atoms with Gasteiger partial charge in [-0.25, -0.2) is 4.98 Å². The van der Waals surface area contributed by atoms with E-state index in [0.29, 0.717) is 19.8 Å². The lowest BCUT2D eigenvalue weighted by Crippen LogP contribution is -2.17. The Balaban J connectivity index is 1.85. The fourth-order valence-electron chi connectivity index (χ4n) is 1.39. The molecule has 0 aliphatic carbocycles. The van der Waals surface area contributed by atoms with Gasteiger partial charge in [0.25, 0.3) is 0 Å². The third kappa shape index (κ3) is 2.79. The van der Waals surface area contributed by atoms with Crippen LogP contribution < -0.4 is 5.48 Å². The van der Waals surface area contributed by atoms with Gasteiger partial charge < -0.3 is 9.14 Å². The lowest BCUT2D eigenvalue weighted by molar-refractivity contribution is 0.00304. The highest BCUT2D eigenvalue weighted by molar-refractivity contribution is 5.39. The van der Waals surface area contributed by atoms with Crippen LogP contribution in [0.5, 0.6) is 0 Å². The molecule has 0 aromatic carbocycles. The molecule has 2 aromatic heterocycles. The van der Waals surface area contributed by atoms with E-state index >= 15 is 0 Å². The van der Waals surface area contributed by atoms with Gasteiger partial charge in [-0.15, -0.1) is 0 Å². The van der Waals surface area contributed by atoms with Crippen molar-refractivity contribution in [2.45, 2.75) is 6.54 Å². The molecule has 0 aliphatic rings. The summed E-state index contributed by atoms with van der Waals surface area (Å²) < 4.78 is 6.84. The van der Waals surface area contributed by atoms with Gasteiger partial charge in [0.1, 0.15) is 5.65 Å². The third-order valence-corrected chi connectivity index (χ3v) is 2.16. The van der Waals surface area contributed by atoms with Crippen LogP contribution in [0.3, 0.4) is 0 Å². The van der Waals surface area contributed by atoms with Crippen molar-refractivity contribution in [1.29, 1.82) is 0 Å². The van der Waals surface area contributed by atoms with Crippen LogP contribution in [-0.4, -0.2) is 29.7 Å². The molecule has 0 radical (unpaired) electrons. The number of nitrogens with zero attached hydrogens (tertiary/aromatic N) is 2. The number of ether oxygens (including phenoxy) is 1. The predicted molar refractivity (Wildman–Crippen MR) is 59.9 cm³/mol. The van der Waals surface area contributed by atoms with Gasteiger partial charge in [0.15, 0.2) is 0 Å². The Morgan fingerprint density at radius 2 is 2.31 bits per heavy atom. The maximum absolute atomic E-state index is 5.15. The summed E-state index contributed by atoms with van der Waals surface area (Å²) in [4.78, 5) is 9.57. The van der Waals surface area contributed by atoms with Gasteiger partial charge in [-0.2, -0.15) is 5.48 Å². The topological polar surface area (TPSA) is 47.8 Å². The molecule has 1 N–H and O–H groups in total. The summed E-state index contributed by atoms with van der Waals surface area (Å²) in [5.41, 5.74) is 4.73. The highest BCUT2D eigenvalue weighted by atomic mass is 16.7. The van der Waals surface area contributed by atoms with Crippen LogP contribution >= 0.6 is 0 Å². The van der Waals surface area contributed by atoms with E-state index < -0.39 is 0 Å². The largest absolute Gasteiger partial charge is 0.382 e. The molecule has 2 aromatic rings. The Kier molecular flexibility index (Phi) is 3.87. The van der Waals surface area contributed by atoms with Crippen molar-refractivity contribution >= 4 is 5.65 Å². The first-order valence-corrected chi connectivity index (χ1v) is 5.16. The highest BCUT2D eigenvalue weighted by Crippen LogP contribution is 2.03. The fourth-order valence-corrected chi connectivity index (χ4v) is 1.39. The van der Waals surface area contributed by atoms with Gasteiger partial charge in [0.2, 0.25) is 0 Å². The Labute approximate surface area is 94.0 Å². The molecular weight excluding hydrogens is 206 g/mol. The van der Waals surface area contributed by atoms with Crippen LogP contribution in [0.15, 0.2) is 30.6 Å². The molecule has 0 fully saturated rings. The number of hydroxylamine groups is 1. The molecule has 0 unspecified atom stereocenters. The average molecular weight is 221 g/mol. The van der Waals surface area contributed by atoms with Crippen molar-refractivity contribution in [3.63, 3.8) is 0 Å². The van der Waals surface area contributed by atoms with E-state index in [9.17, 15) is 0 Å². The smallest absolute Gasteiger partial charge is 0.137 e.